The molecule has 3 heterocycles. The van der Waals surface area contributed by atoms with E-state index in [9.17, 15) is 0 Å². The minimum Gasteiger partial charge on any atom is -0.340 e. The van der Waals surface area contributed by atoms with Crippen molar-refractivity contribution in [1.82, 2.24) is 24.1 Å². The van der Waals surface area contributed by atoms with Gasteiger partial charge < -0.3 is 14.5 Å². The maximum absolute atomic E-state index is 4.62. The molecule has 5 aromatic rings. The predicted octanol–water partition coefficient (Wildman–Crippen LogP) is 5.70. The van der Waals surface area contributed by atoms with Gasteiger partial charge in [-0.2, -0.15) is 0 Å². The SMILES string of the molecule is Cc1cc(-c2cnc(C)n2C)ccc1Nc1cc2cc(-c3cnc(C)n3C)ccc2cn1. The van der Waals surface area contributed by atoms with Crippen LogP contribution in [0, 0.1) is 20.8 Å². The zero-order valence-electron chi connectivity index (χ0n) is 19.0. The average Bonchev–Trinajstić information content (AvgIpc) is 3.30. The predicted molar refractivity (Wildman–Crippen MR) is 130 cm³/mol. The molecule has 5 rings (SSSR count). The number of imidazole rings is 2. The Hall–Kier alpha value is -3.93. The van der Waals surface area contributed by atoms with Gasteiger partial charge in [0.1, 0.15) is 17.5 Å². The number of hydrogen-bond acceptors (Lipinski definition) is 4. The molecule has 0 bridgehead atoms. The Morgan fingerprint density at radius 1 is 0.656 bits per heavy atom. The third-order valence-electron chi connectivity index (χ3n) is 6.24. The summed E-state index contributed by atoms with van der Waals surface area (Å²) in [4.78, 5) is 13.5. The van der Waals surface area contributed by atoms with Gasteiger partial charge in [0.15, 0.2) is 0 Å². The highest BCUT2D eigenvalue weighted by atomic mass is 15.1. The second-order valence-electron chi connectivity index (χ2n) is 8.29. The lowest BCUT2D eigenvalue weighted by Gasteiger charge is -2.12. The van der Waals surface area contributed by atoms with E-state index in [1.165, 1.54) is 0 Å². The van der Waals surface area contributed by atoms with Gasteiger partial charge in [-0.1, -0.05) is 18.2 Å². The summed E-state index contributed by atoms with van der Waals surface area (Å²) in [5, 5.41) is 5.73. The van der Waals surface area contributed by atoms with Crippen LogP contribution in [0.3, 0.4) is 0 Å². The zero-order chi connectivity index (χ0) is 22.4. The van der Waals surface area contributed by atoms with Crippen LogP contribution in [0.15, 0.2) is 61.1 Å². The molecule has 1 N–H and O–H groups in total. The summed E-state index contributed by atoms with van der Waals surface area (Å²) in [5.74, 6) is 2.82. The number of benzene rings is 2. The fraction of sp³-hybridized carbons (Fsp3) is 0.192. The molecule has 0 aliphatic carbocycles. The standard InChI is InChI=1S/C26H26N6/c1-16-10-19(24-14-27-17(2)31(24)4)8-9-23(16)30-26-12-22-11-20(6-7-21(22)13-29-26)25-15-28-18(3)32(25)5/h6-15H,1-5H3,(H,29,30). The van der Waals surface area contributed by atoms with Crippen LogP contribution in [0.4, 0.5) is 11.5 Å². The van der Waals surface area contributed by atoms with Gasteiger partial charge in [0.05, 0.1) is 23.8 Å². The minimum absolute atomic E-state index is 0.822. The zero-order valence-corrected chi connectivity index (χ0v) is 19.0. The number of anilines is 2. The average molecular weight is 423 g/mol. The monoisotopic (exact) mass is 422 g/mol. The lowest BCUT2D eigenvalue weighted by molar-refractivity contribution is 0.865. The first-order chi connectivity index (χ1) is 15.4. The number of rotatable bonds is 4. The first-order valence-corrected chi connectivity index (χ1v) is 10.7. The van der Waals surface area contributed by atoms with Crippen molar-refractivity contribution >= 4 is 22.3 Å². The maximum atomic E-state index is 4.62. The fourth-order valence-electron chi connectivity index (χ4n) is 4.01. The molecule has 0 saturated heterocycles. The van der Waals surface area contributed by atoms with Gasteiger partial charge in [0, 0.05) is 42.5 Å². The first kappa shape index (κ1) is 20.0. The highest BCUT2D eigenvalue weighted by molar-refractivity contribution is 5.88. The highest BCUT2D eigenvalue weighted by Gasteiger charge is 2.10. The molecule has 6 heteroatoms. The van der Waals surface area contributed by atoms with Crippen molar-refractivity contribution in [2.45, 2.75) is 20.8 Å². The van der Waals surface area contributed by atoms with Crippen molar-refractivity contribution in [2.24, 2.45) is 14.1 Å². The molecule has 6 nitrogen and oxygen atoms in total. The number of aryl methyl sites for hydroxylation is 3. The van der Waals surface area contributed by atoms with Crippen LogP contribution in [0.5, 0.6) is 0 Å². The maximum Gasteiger partial charge on any atom is 0.130 e. The molecule has 0 atom stereocenters. The minimum atomic E-state index is 0.822. The Kier molecular flexibility index (Phi) is 4.78. The third kappa shape index (κ3) is 3.43. The van der Waals surface area contributed by atoms with E-state index in [0.717, 1.165) is 62.0 Å². The molecule has 2 aromatic carbocycles. The second-order valence-corrected chi connectivity index (χ2v) is 8.29. The van der Waals surface area contributed by atoms with Crippen molar-refractivity contribution < 1.29 is 0 Å². The number of nitrogens with one attached hydrogen (secondary N) is 1. The molecule has 160 valence electrons. The van der Waals surface area contributed by atoms with E-state index >= 15 is 0 Å². The van der Waals surface area contributed by atoms with Crippen LogP contribution < -0.4 is 5.32 Å². The van der Waals surface area contributed by atoms with E-state index in [2.05, 4.69) is 78.8 Å². The molecule has 32 heavy (non-hydrogen) atoms. The summed E-state index contributed by atoms with van der Waals surface area (Å²) in [7, 11) is 4.08. The molecule has 0 unspecified atom stereocenters. The molecule has 0 aliphatic rings. The molecule has 0 fully saturated rings. The van der Waals surface area contributed by atoms with Crippen LogP contribution in [-0.4, -0.2) is 24.1 Å². The van der Waals surface area contributed by atoms with Crippen LogP contribution >= 0.6 is 0 Å². The fourth-order valence-corrected chi connectivity index (χ4v) is 4.01. The number of hydrogen-bond donors (Lipinski definition) is 1. The lowest BCUT2D eigenvalue weighted by atomic mass is 10.1. The topological polar surface area (TPSA) is 60.6 Å². The van der Waals surface area contributed by atoms with Crippen LogP contribution in [0.1, 0.15) is 17.2 Å². The number of fused-ring (bicyclic) bond motifs is 1. The van der Waals surface area contributed by atoms with E-state index in [1.54, 1.807) is 0 Å². The van der Waals surface area contributed by atoms with Gasteiger partial charge in [-0.3, -0.25) is 0 Å². The van der Waals surface area contributed by atoms with Crippen LogP contribution in [-0.2, 0) is 14.1 Å². The highest BCUT2D eigenvalue weighted by Crippen LogP contribution is 2.29. The van der Waals surface area contributed by atoms with Crippen LogP contribution in [0.2, 0.25) is 0 Å². The van der Waals surface area contributed by atoms with E-state index in [0.29, 0.717) is 0 Å². The van der Waals surface area contributed by atoms with E-state index in [1.807, 2.05) is 46.5 Å². The third-order valence-corrected chi connectivity index (χ3v) is 6.24. The summed E-state index contributed by atoms with van der Waals surface area (Å²) in [6, 6.07) is 14.9. The Balaban J connectivity index is 1.46. The van der Waals surface area contributed by atoms with Gasteiger partial charge >= 0.3 is 0 Å². The number of aromatic nitrogens is 5. The van der Waals surface area contributed by atoms with Crippen molar-refractivity contribution in [3.63, 3.8) is 0 Å². The summed E-state index contributed by atoms with van der Waals surface area (Å²) in [5.41, 5.74) is 6.70. The van der Waals surface area contributed by atoms with Crippen LogP contribution in [0.25, 0.3) is 33.3 Å². The molecular weight excluding hydrogens is 396 g/mol. The molecule has 0 amide bonds. The Labute approximate surface area is 187 Å². The van der Waals surface area contributed by atoms with E-state index < -0.39 is 0 Å². The van der Waals surface area contributed by atoms with Crippen molar-refractivity contribution in [3.8, 4) is 22.5 Å². The van der Waals surface area contributed by atoms with Crippen molar-refractivity contribution in [3.05, 3.63) is 78.3 Å². The molecule has 0 spiro atoms. The van der Waals surface area contributed by atoms with Crippen molar-refractivity contribution in [1.29, 1.82) is 0 Å². The largest absolute Gasteiger partial charge is 0.340 e. The molecule has 0 radical (unpaired) electrons. The Morgan fingerprint density at radius 3 is 1.88 bits per heavy atom. The molecule has 0 saturated carbocycles. The summed E-state index contributed by atoms with van der Waals surface area (Å²) >= 11 is 0. The van der Waals surface area contributed by atoms with E-state index in [-0.39, 0.29) is 0 Å². The number of pyridine rings is 1. The Bertz CT molecular complexity index is 1460. The van der Waals surface area contributed by atoms with Gasteiger partial charge in [0.25, 0.3) is 0 Å². The molecular formula is C26H26N6. The quantitative estimate of drug-likeness (QED) is 0.403. The van der Waals surface area contributed by atoms with Gasteiger partial charge in [0.2, 0.25) is 0 Å². The first-order valence-electron chi connectivity index (χ1n) is 10.7. The van der Waals surface area contributed by atoms with E-state index in [4.69, 9.17) is 0 Å². The number of nitrogens with zero attached hydrogens (tertiary/aromatic N) is 5. The second kappa shape index (κ2) is 7.64. The molecule has 0 aliphatic heterocycles. The summed E-state index contributed by atoms with van der Waals surface area (Å²) in [6.07, 6.45) is 5.76. The van der Waals surface area contributed by atoms with Crippen molar-refractivity contribution in [2.75, 3.05) is 5.32 Å². The lowest BCUT2D eigenvalue weighted by Crippen LogP contribution is -1.98. The van der Waals surface area contributed by atoms with Gasteiger partial charge in [-0.05, 0) is 56.0 Å². The summed E-state index contributed by atoms with van der Waals surface area (Å²) in [6.45, 7) is 6.14. The van der Waals surface area contributed by atoms with Gasteiger partial charge in [-0.15, -0.1) is 0 Å². The van der Waals surface area contributed by atoms with Gasteiger partial charge in [-0.25, -0.2) is 15.0 Å². The normalized spacial score (nSPS) is 11.3. The smallest absolute Gasteiger partial charge is 0.130 e. The summed E-state index contributed by atoms with van der Waals surface area (Å²) < 4.78 is 4.21. The molecule has 3 aromatic heterocycles. The Morgan fingerprint density at radius 2 is 1.28 bits per heavy atom.